The molecular weight excluding hydrogens is 1390 g/mol. The predicted octanol–water partition coefficient (Wildman–Crippen LogP) is 5.58. The van der Waals surface area contributed by atoms with E-state index in [1.165, 1.54) is 71.9 Å². The number of nitrogens with one attached hydrogen (secondary N) is 6. The van der Waals surface area contributed by atoms with Gasteiger partial charge in [-0.25, -0.2) is 14.0 Å². The van der Waals surface area contributed by atoms with Crippen molar-refractivity contribution in [1.29, 1.82) is 0 Å². The topological polar surface area (TPSA) is 396 Å². The molecule has 106 heavy (non-hydrogen) atoms. The number of likely N-dealkylation sites (N-methyl/N-ethyl adjacent to an activating group) is 2. The summed E-state index contributed by atoms with van der Waals surface area (Å²) < 4.78 is 37.4. The molecule has 0 aromatic heterocycles. The molecule has 2 saturated heterocycles. The van der Waals surface area contributed by atoms with Crippen LogP contribution in [-0.4, -0.2) is 223 Å². The number of ether oxygens (including phenoxy) is 4. The summed E-state index contributed by atoms with van der Waals surface area (Å²) in [5.74, 6) is -6.91. The van der Waals surface area contributed by atoms with Crippen LogP contribution in [0.15, 0.2) is 48.5 Å². The van der Waals surface area contributed by atoms with Crippen molar-refractivity contribution >= 4 is 94.5 Å². The molecule has 2 aliphatic heterocycles. The maximum absolute atomic E-state index is 15.1. The van der Waals surface area contributed by atoms with Gasteiger partial charge in [0.1, 0.15) is 36.7 Å². The van der Waals surface area contributed by atoms with Crippen LogP contribution >= 0.6 is 11.8 Å². The molecular formula is C75H115FN12O17S. The largest absolute Gasteiger partial charge is 0.508 e. The Morgan fingerprint density at radius 1 is 0.745 bits per heavy atom. The van der Waals surface area contributed by atoms with Crippen LogP contribution in [0.2, 0.25) is 0 Å². The number of nitrogens with zero attached hydrogens (tertiary/aromatic N) is 4. The van der Waals surface area contributed by atoms with E-state index in [1.807, 2.05) is 41.5 Å². The standard InChI is InChI=1S/C75H115FN12O17S/c1-16-45(8)64(86(13)72(99)62(43(4)5)84-70(97)63(44(6)7)85(11)12)55(102-14)36-59(91)88-39-52(35-54(88)66(103-15)46(9)67(94)80-47(10)65(93)49-25-27-50(76)28-26-49)105-74(101)104-40-48-23-29-51(30-24-48)81-68(95)53(21-20-33-79-73(78)100)82-69(96)61(42(2)3)83-58(90)22-18-17-19-34-87-60(92)37-56(71(87)98)106-41-75(31-32-75)38-57(77)89/h23-30,42-47,52-56,61-64,66H,16-22,31-41H2,1-15H3,(H2,77,89)(H,80,94)(H,81,95)(H,82,96)(H,83,90)(H,84,97)(H3,78,79,100)/t45-,46+,47-,52-,53-,54-,55+,56?,61-,62-,63-,64-,66+/m0/s1. The van der Waals surface area contributed by atoms with E-state index in [-0.39, 0.29) is 129 Å². The van der Waals surface area contributed by atoms with E-state index >= 15 is 4.79 Å². The number of rotatable bonds is 44. The molecule has 3 aliphatic rings. The van der Waals surface area contributed by atoms with Crippen molar-refractivity contribution in [2.75, 3.05) is 66.1 Å². The minimum Gasteiger partial charge on any atom is -0.429 e. The number of thioether (sulfide) groups is 1. The highest BCUT2D eigenvalue weighted by molar-refractivity contribution is 8.00. The number of hydrogen-bond donors (Lipinski definition) is 8. The van der Waals surface area contributed by atoms with Crippen LogP contribution in [0.5, 0.6) is 0 Å². The third kappa shape index (κ3) is 26.0. The first-order valence-electron chi connectivity index (χ1n) is 36.8. The molecule has 1 unspecified atom stereocenters. The summed E-state index contributed by atoms with van der Waals surface area (Å²) in [5, 5.41) is 16.0. The number of ketones is 1. The normalized spacial score (nSPS) is 19.0. The summed E-state index contributed by atoms with van der Waals surface area (Å²) in [5.41, 5.74) is 11.4. The fourth-order valence-corrected chi connectivity index (χ4v) is 15.2. The van der Waals surface area contributed by atoms with Gasteiger partial charge in [0, 0.05) is 77.0 Å². The smallest absolute Gasteiger partial charge is 0.429 e. The number of nitrogens with two attached hydrogens (primary N) is 2. The first-order valence-corrected chi connectivity index (χ1v) is 37.8. The van der Waals surface area contributed by atoms with E-state index in [0.29, 0.717) is 42.7 Å². The Morgan fingerprint density at radius 3 is 1.96 bits per heavy atom. The molecule has 12 amide bonds. The number of hydrogen-bond acceptors (Lipinski definition) is 19. The lowest BCUT2D eigenvalue weighted by Crippen LogP contribution is -2.59. The zero-order valence-electron chi connectivity index (χ0n) is 64.3. The van der Waals surface area contributed by atoms with Gasteiger partial charge in [-0.1, -0.05) is 87.3 Å². The lowest BCUT2D eigenvalue weighted by Gasteiger charge is -2.41. The second-order valence-electron chi connectivity index (χ2n) is 29.7. The Hall–Kier alpha value is -8.29. The van der Waals surface area contributed by atoms with E-state index in [4.69, 9.17) is 30.4 Å². The lowest BCUT2D eigenvalue weighted by atomic mass is 9.89. The molecule has 2 heterocycles. The molecule has 590 valence electrons. The van der Waals surface area contributed by atoms with Crippen LogP contribution in [0.25, 0.3) is 0 Å². The number of unbranched alkanes of at least 4 members (excludes halogenated alkanes) is 2. The molecule has 10 N–H and O–H groups in total. The second-order valence-corrected chi connectivity index (χ2v) is 30.9. The number of likely N-dealkylation sites (tertiary alicyclic amines) is 2. The Balaban J connectivity index is 1.24. The van der Waals surface area contributed by atoms with E-state index in [2.05, 4.69) is 31.9 Å². The van der Waals surface area contributed by atoms with Gasteiger partial charge in [-0.05, 0) is 131 Å². The van der Waals surface area contributed by atoms with Crippen LogP contribution in [0.1, 0.15) is 169 Å². The summed E-state index contributed by atoms with van der Waals surface area (Å²) >= 11 is 1.39. The third-order valence-electron chi connectivity index (χ3n) is 20.1. The van der Waals surface area contributed by atoms with Crippen molar-refractivity contribution in [2.45, 2.75) is 225 Å². The van der Waals surface area contributed by atoms with Crippen molar-refractivity contribution in [3.8, 4) is 0 Å². The maximum atomic E-state index is 15.1. The Bertz CT molecular complexity index is 3350. The number of halogens is 1. The molecule has 13 atom stereocenters. The molecule has 1 saturated carbocycles. The summed E-state index contributed by atoms with van der Waals surface area (Å²) in [6, 6.07) is 3.97. The van der Waals surface area contributed by atoms with Gasteiger partial charge in [0.2, 0.25) is 59.1 Å². The van der Waals surface area contributed by atoms with Gasteiger partial charge >= 0.3 is 12.2 Å². The van der Waals surface area contributed by atoms with E-state index < -0.39 is 131 Å². The van der Waals surface area contributed by atoms with Gasteiger partial charge in [0.05, 0.1) is 60.5 Å². The molecule has 3 fully saturated rings. The van der Waals surface area contributed by atoms with Crippen molar-refractivity contribution in [3.63, 3.8) is 0 Å². The molecule has 5 rings (SSSR count). The van der Waals surface area contributed by atoms with Crippen LogP contribution in [0.3, 0.4) is 0 Å². The molecule has 2 aromatic rings. The van der Waals surface area contributed by atoms with Crippen molar-refractivity contribution in [1.82, 2.24) is 46.2 Å². The molecule has 31 heteroatoms. The summed E-state index contributed by atoms with van der Waals surface area (Å²) in [6.45, 7) is 17.7. The van der Waals surface area contributed by atoms with Gasteiger partial charge in [-0.2, -0.15) is 0 Å². The number of carbonyl (C=O) groups excluding carboxylic acids is 13. The molecule has 2 aromatic carbocycles. The monoisotopic (exact) mass is 1510 g/mol. The van der Waals surface area contributed by atoms with Crippen LogP contribution in [0.4, 0.5) is 19.7 Å². The number of amides is 12. The molecule has 0 spiro atoms. The minimum absolute atomic E-state index is 0.0432. The highest BCUT2D eigenvalue weighted by Crippen LogP contribution is 2.52. The van der Waals surface area contributed by atoms with Crippen molar-refractivity contribution < 1.29 is 85.7 Å². The fraction of sp³-hybridized carbons (Fsp3) is 0.667. The van der Waals surface area contributed by atoms with E-state index in [9.17, 15) is 61.9 Å². The average molecular weight is 1510 g/mol. The van der Waals surface area contributed by atoms with Crippen LogP contribution in [0, 0.1) is 40.8 Å². The lowest BCUT2D eigenvalue weighted by molar-refractivity contribution is -0.148. The van der Waals surface area contributed by atoms with Gasteiger partial charge in [0.15, 0.2) is 5.78 Å². The highest BCUT2D eigenvalue weighted by Gasteiger charge is 2.49. The number of Topliss-reactive ketones (excluding diaryl/α,β-unsaturated/α-hetero) is 1. The Labute approximate surface area is 626 Å². The number of benzene rings is 2. The van der Waals surface area contributed by atoms with Crippen LogP contribution in [-0.2, 0) is 73.5 Å². The van der Waals surface area contributed by atoms with Gasteiger partial charge in [0.25, 0.3) is 0 Å². The number of primary amides is 2. The summed E-state index contributed by atoms with van der Waals surface area (Å²) in [7, 11) is 8.01. The Morgan fingerprint density at radius 2 is 1.40 bits per heavy atom. The number of carbonyl (C=O) groups is 13. The first kappa shape index (κ1) is 88.3. The highest BCUT2D eigenvalue weighted by atomic mass is 32.2. The van der Waals surface area contributed by atoms with Gasteiger partial charge in [-0.15, -0.1) is 11.8 Å². The Kier molecular flexibility index (Phi) is 34.8. The summed E-state index contributed by atoms with van der Waals surface area (Å²) in [6.07, 6.45) is -0.137. The molecule has 0 bridgehead atoms. The SMILES string of the molecule is CC[C@H](C)[C@@H]([C@@H](CC(=O)N1C[C@@H](OC(=O)OCc2ccc(NC(=O)[C@H](CCCNC(N)=O)NC(=O)[C@@H](NC(=O)CCCCCN3C(=O)CC(SCC4(CC(N)=O)CC4)C3=O)C(C)C)cc2)C[C@H]1[C@H](OC)[C@@H](C)C(=O)N[C@@H](C)C(=O)c1ccc(F)cc1)OC)N(C)C(=O)[C@@H](NC(=O)[C@H](C(C)C)N(C)C)C(C)C. The summed E-state index contributed by atoms with van der Waals surface area (Å²) in [4.78, 5) is 181. The molecule has 0 radical (unpaired) electrons. The number of methoxy groups -OCH3 is 2. The second kappa shape index (κ2) is 41.7. The van der Waals surface area contributed by atoms with Crippen LogP contribution < -0.4 is 43.4 Å². The van der Waals surface area contributed by atoms with Crippen molar-refractivity contribution in [3.05, 3.63) is 65.5 Å². The van der Waals surface area contributed by atoms with E-state index in [0.717, 1.165) is 25.0 Å². The van der Waals surface area contributed by atoms with E-state index in [1.54, 1.807) is 58.9 Å². The van der Waals surface area contributed by atoms with Gasteiger partial charge in [-0.3, -0.25) is 62.5 Å². The van der Waals surface area contributed by atoms with Crippen molar-refractivity contribution in [2.24, 2.45) is 46.5 Å². The third-order valence-corrected chi connectivity index (χ3v) is 21.7. The first-order chi connectivity index (χ1) is 50.0. The molecule has 1 aliphatic carbocycles. The average Bonchev–Trinajstić information content (AvgIpc) is 1.61. The van der Waals surface area contributed by atoms with Gasteiger partial charge < -0.3 is 72.1 Å². The maximum Gasteiger partial charge on any atom is 0.508 e. The zero-order valence-corrected chi connectivity index (χ0v) is 65.1. The quantitative estimate of drug-likeness (QED) is 0.0174. The zero-order chi connectivity index (χ0) is 79.0. The molecule has 29 nitrogen and oxygen atoms in total. The number of urea groups is 1. The number of anilines is 1. The predicted molar refractivity (Wildman–Crippen MR) is 396 cm³/mol. The minimum atomic E-state index is -1.16. The number of imide groups is 1. The fourth-order valence-electron chi connectivity index (χ4n) is 13.8.